The molecule has 0 heterocycles. The average Bonchev–Trinajstić information content (AvgIpc) is 2.84. The summed E-state index contributed by atoms with van der Waals surface area (Å²) < 4.78 is 18.3. The monoisotopic (exact) mass is 472 g/mol. The SMILES string of the molecule is COc1ccc(CN(C(=O)CSCc2ccc(F)cc2)C(C)C(=O)NC2CCCCC2)cc1. The molecule has 2 aromatic rings. The van der Waals surface area contributed by atoms with Crippen LogP contribution in [0.3, 0.4) is 0 Å². The molecule has 1 aliphatic rings. The smallest absolute Gasteiger partial charge is 0.242 e. The number of methoxy groups -OCH3 is 1. The van der Waals surface area contributed by atoms with Crippen molar-refractivity contribution in [3.63, 3.8) is 0 Å². The summed E-state index contributed by atoms with van der Waals surface area (Å²) in [7, 11) is 1.61. The molecule has 1 saturated carbocycles. The first-order valence-electron chi connectivity index (χ1n) is 11.5. The van der Waals surface area contributed by atoms with E-state index in [1.165, 1.54) is 30.3 Å². The summed E-state index contributed by atoms with van der Waals surface area (Å²) in [6, 6.07) is 13.4. The van der Waals surface area contributed by atoms with Crippen LogP contribution in [0.15, 0.2) is 48.5 Å². The minimum atomic E-state index is -0.576. The van der Waals surface area contributed by atoms with E-state index in [4.69, 9.17) is 4.74 Å². The van der Waals surface area contributed by atoms with E-state index < -0.39 is 6.04 Å². The zero-order valence-corrected chi connectivity index (χ0v) is 20.2. The molecule has 1 unspecified atom stereocenters. The molecule has 0 spiro atoms. The lowest BCUT2D eigenvalue weighted by Gasteiger charge is -2.31. The van der Waals surface area contributed by atoms with Gasteiger partial charge in [-0.25, -0.2) is 4.39 Å². The van der Waals surface area contributed by atoms with Gasteiger partial charge in [0.2, 0.25) is 11.8 Å². The average molecular weight is 473 g/mol. The molecule has 2 aromatic carbocycles. The zero-order chi connectivity index (χ0) is 23.6. The van der Waals surface area contributed by atoms with E-state index in [-0.39, 0.29) is 29.4 Å². The van der Waals surface area contributed by atoms with Crippen LogP contribution in [-0.2, 0) is 21.9 Å². The number of halogens is 1. The van der Waals surface area contributed by atoms with Gasteiger partial charge in [0.1, 0.15) is 17.6 Å². The van der Waals surface area contributed by atoms with E-state index in [0.717, 1.165) is 42.6 Å². The van der Waals surface area contributed by atoms with Crippen molar-refractivity contribution in [3.8, 4) is 5.75 Å². The summed E-state index contributed by atoms with van der Waals surface area (Å²) >= 11 is 1.46. The molecule has 1 atom stereocenters. The Hall–Kier alpha value is -2.54. The number of benzene rings is 2. The van der Waals surface area contributed by atoms with E-state index in [2.05, 4.69) is 5.32 Å². The fraction of sp³-hybridized carbons (Fsp3) is 0.462. The fourth-order valence-electron chi connectivity index (χ4n) is 4.00. The molecule has 0 aliphatic heterocycles. The highest BCUT2D eigenvalue weighted by molar-refractivity contribution is 7.99. The summed E-state index contributed by atoms with van der Waals surface area (Å²) in [6.45, 7) is 2.14. The Morgan fingerprint density at radius 3 is 2.33 bits per heavy atom. The fourth-order valence-corrected chi connectivity index (χ4v) is 4.87. The van der Waals surface area contributed by atoms with Crippen LogP contribution in [-0.4, -0.2) is 41.7 Å². The topological polar surface area (TPSA) is 58.6 Å². The second kappa shape index (κ2) is 12.6. The molecule has 0 radical (unpaired) electrons. The number of carbonyl (C=O) groups excluding carboxylic acids is 2. The quantitative estimate of drug-likeness (QED) is 0.533. The van der Waals surface area contributed by atoms with Crippen LogP contribution in [0.25, 0.3) is 0 Å². The van der Waals surface area contributed by atoms with Crippen molar-refractivity contribution in [3.05, 3.63) is 65.5 Å². The van der Waals surface area contributed by atoms with Crippen molar-refractivity contribution in [1.82, 2.24) is 10.2 Å². The number of nitrogens with zero attached hydrogens (tertiary/aromatic N) is 1. The number of hydrogen-bond acceptors (Lipinski definition) is 4. The number of amides is 2. The molecule has 7 heteroatoms. The largest absolute Gasteiger partial charge is 0.497 e. The minimum absolute atomic E-state index is 0.0933. The van der Waals surface area contributed by atoms with Crippen LogP contribution >= 0.6 is 11.8 Å². The standard InChI is InChI=1S/C26H33FN2O3S/c1-19(26(31)28-23-6-4-3-5-7-23)29(16-20-10-14-24(32-2)15-11-20)25(30)18-33-17-21-8-12-22(27)13-9-21/h8-15,19,23H,3-7,16-18H2,1-2H3,(H,28,31). The molecule has 0 aromatic heterocycles. The van der Waals surface area contributed by atoms with E-state index in [9.17, 15) is 14.0 Å². The highest BCUT2D eigenvalue weighted by Gasteiger charge is 2.28. The Balaban J connectivity index is 1.65. The molecule has 1 N–H and O–H groups in total. The van der Waals surface area contributed by atoms with Gasteiger partial charge in [0.15, 0.2) is 0 Å². The third kappa shape index (κ3) is 7.77. The molecule has 178 valence electrons. The van der Waals surface area contributed by atoms with E-state index in [0.29, 0.717) is 12.3 Å². The number of hydrogen-bond donors (Lipinski definition) is 1. The van der Waals surface area contributed by atoms with Crippen LogP contribution in [0.2, 0.25) is 0 Å². The number of rotatable bonds is 10. The zero-order valence-electron chi connectivity index (χ0n) is 19.4. The van der Waals surface area contributed by atoms with E-state index in [1.807, 2.05) is 24.3 Å². The summed E-state index contributed by atoms with van der Waals surface area (Å²) in [5, 5.41) is 3.15. The van der Waals surface area contributed by atoms with Crippen LogP contribution in [0.1, 0.15) is 50.2 Å². The molecule has 1 aliphatic carbocycles. The van der Waals surface area contributed by atoms with Gasteiger partial charge in [0, 0.05) is 18.3 Å². The molecular formula is C26H33FN2O3S. The highest BCUT2D eigenvalue weighted by Crippen LogP contribution is 2.20. The van der Waals surface area contributed by atoms with Crippen molar-refractivity contribution in [2.24, 2.45) is 0 Å². The van der Waals surface area contributed by atoms with Crippen LogP contribution in [0.4, 0.5) is 4.39 Å². The van der Waals surface area contributed by atoms with E-state index in [1.54, 1.807) is 31.1 Å². The molecule has 33 heavy (non-hydrogen) atoms. The summed E-state index contributed by atoms with van der Waals surface area (Å²) in [5.74, 6) is 1.12. The Morgan fingerprint density at radius 1 is 1.06 bits per heavy atom. The van der Waals surface area contributed by atoms with Gasteiger partial charge < -0.3 is 15.0 Å². The van der Waals surface area contributed by atoms with Crippen LogP contribution < -0.4 is 10.1 Å². The summed E-state index contributed by atoms with van der Waals surface area (Å²) in [4.78, 5) is 27.9. The predicted octanol–water partition coefficient (Wildman–Crippen LogP) is 4.93. The van der Waals surface area contributed by atoms with Gasteiger partial charge in [-0.1, -0.05) is 43.5 Å². The van der Waals surface area contributed by atoms with Gasteiger partial charge in [0.25, 0.3) is 0 Å². The van der Waals surface area contributed by atoms with Gasteiger partial charge in [-0.3, -0.25) is 9.59 Å². The highest BCUT2D eigenvalue weighted by atomic mass is 32.2. The van der Waals surface area contributed by atoms with Crippen molar-refractivity contribution in [2.45, 2.75) is 63.4 Å². The van der Waals surface area contributed by atoms with Crippen molar-refractivity contribution < 1.29 is 18.7 Å². The normalized spacial score (nSPS) is 15.0. The summed E-state index contributed by atoms with van der Waals surface area (Å²) in [6.07, 6.45) is 5.48. The molecule has 0 bridgehead atoms. The second-order valence-corrected chi connectivity index (χ2v) is 9.49. The summed E-state index contributed by atoms with van der Waals surface area (Å²) in [5.41, 5.74) is 1.89. The Bertz CT molecular complexity index is 899. The van der Waals surface area contributed by atoms with Gasteiger partial charge in [0.05, 0.1) is 12.9 Å². The van der Waals surface area contributed by atoms with E-state index >= 15 is 0 Å². The number of thioether (sulfide) groups is 1. The van der Waals surface area contributed by atoms with Gasteiger partial charge >= 0.3 is 0 Å². The molecule has 3 rings (SSSR count). The van der Waals surface area contributed by atoms with Crippen molar-refractivity contribution in [2.75, 3.05) is 12.9 Å². The predicted molar refractivity (Wildman–Crippen MR) is 131 cm³/mol. The lowest BCUT2D eigenvalue weighted by Crippen LogP contribution is -2.50. The third-order valence-corrected chi connectivity index (χ3v) is 7.03. The Morgan fingerprint density at radius 2 is 1.70 bits per heavy atom. The first-order valence-corrected chi connectivity index (χ1v) is 12.7. The molecule has 5 nitrogen and oxygen atoms in total. The first kappa shape index (κ1) is 25.1. The molecular weight excluding hydrogens is 439 g/mol. The number of carbonyl (C=O) groups is 2. The van der Waals surface area contributed by atoms with Gasteiger partial charge in [-0.2, -0.15) is 0 Å². The number of nitrogens with one attached hydrogen (secondary N) is 1. The molecule has 1 fully saturated rings. The maximum Gasteiger partial charge on any atom is 0.242 e. The van der Waals surface area contributed by atoms with Gasteiger partial charge in [-0.15, -0.1) is 11.8 Å². The number of ether oxygens (including phenoxy) is 1. The van der Waals surface area contributed by atoms with Crippen molar-refractivity contribution in [1.29, 1.82) is 0 Å². The van der Waals surface area contributed by atoms with Crippen LogP contribution in [0.5, 0.6) is 5.75 Å². The lowest BCUT2D eigenvalue weighted by molar-refractivity contribution is -0.139. The van der Waals surface area contributed by atoms with Crippen molar-refractivity contribution >= 4 is 23.6 Å². The minimum Gasteiger partial charge on any atom is -0.497 e. The maximum absolute atomic E-state index is 13.2. The van der Waals surface area contributed by atoms with Gasteiger partial charge in [-0.05, 0) is 55.2 Å². The Labute approximate surface area is 200 Å². The Kier molecular flexibility index (Phi) is 9.61. The third-order valence-electron chi connectivity index (χ3n) is 6.04. The maximum atomic E-state index is 13.2. The second-order valence-electron chi connectivity index (χ2n) is 8.51. The molecule has 0 saturated heterocycles. The van der Waals surface area contributed by atoms with Crippen LogP contribution in [0, 0.1) is 5.82 Å². The lowest BCUT2D eigenvalue weighted by atomic mass is 9.95. The molecule has 2 amide bonds. The first-order chi connectivity index (χ1) is 16.0.